The predicted octanol–water partition coefficient (Wildman–Crippen LogP) is 4.67. The third-order valence-electron chi connectivity index (χ3n) is 2.35. The summed E-state index contributed by atoms with van der Waals surface area (Å²) in [5.74, 6) is -1.31. The van der Waals surface area contributed by atoms with E-state index in [9.17, 15) is 17.6 Å². The minimum absolute atomic E-state index is 0.218. The molecule has 0 spiro atoms. The van der Waals surface area contributed by atoms with Gasteiger partial charge in [0.15, 0.2) is 0 Å². The van der Waals surface area contributed by atoms with Crippen molar-refractivity contribution in [2.45, 2.75) is 6.18 Å². The highest BCUT2D eigenvalue weighted by molar-refractivity contribution is 9.10. The van der Waals surface area contributed by atoms with Crippen LogP contribution < -0.4 is 0 Å². The van der Waals surface area contributed by atoms with Crippen molar-refractivity contribution in [3.8, 4) is 11.1 Å². The molecule has 6 heteroatoms. The Morgan fingerprint density at radius 2 is 1.61 bits per heavy atom. The Hall–Kier alpha value is -1.43. The second kappa shape index (κ2) is 4.68. The van der Waals surface area contributed by atoms with Crippen molar-refractivity contribution in [3.05, 3.63) is 52.5 Å². The van der Waals surface area contributed by atoms with E-state index in [2.05, 4.69) is 20.9 Å². The molecule has 1 nitrogen and oxygen atoms in total. The fraction of sp³-hybridized carbons (Fsp3) is 0.0833. The molecule has 0 N–H and O–H groups in total. The number of alkyl halides is 3. The normalized spacial score (nSPS) is 11.6. The van der Waals surface area contributed by atoms with Gasteiger partial charge in [-0.2, -0.15) is 13.2 Å². The van der Waals surface area contributed by atoms with E-state index in [0.717, 1.165) is 6.07 Å². The maximum absolute atomic E-state index is 13.4. The molecule has 0 aliphatic heterocycles. The van der Waals surface area contributed by atoms with Gasteiger partial charge in [-0.1, -0.05) is 0 Å². The van der Waals surface area contributed by atoms with Gasteiger partial charge in [0.25, 0.3) is 0 Å². The standard InChI is InChI=1S/C12H6BrF4N/c13-10-6-8(7-1-3-18-4-2-7)5-9(11(10)14)12(15,16)17/h1-6H. The first-order valence-electron chi connectivity index (χ1n) is 4.86. The van der Waals surface area contributed by atoms with Crippen molar-refractivity contribution >= 4 is 15.9 Å². The monoisotopic (exact) mass is 319 g/mol. The largest absolute Gasteiger partial charge is 0.419 e. The number of aromatic nitrogens is 1. The summed E-state index contributed by atoms with van der Waals surface area (Å²) in [5, 5.41) is 0. The molecule has 18 heavy (non-hydrogen) atoms. The SMILES string of the molecule is Fc1c(Br)cc(-c2ccncc2)cc1C(F)(F)F. The molecule has 0 fully saturated rings. The summed E-state index contributed by atoms with van der Waals surface area (Å²) in [4.78, 5) is 3.77. The zero-order valence-electron chi connectivity index (χ0n) is 8.80. The lowest BCUT2D eigenvalue weighted by Gasteiger charge is -2.11. The van der Waals surface area contributed by atoms with Crippen LogP contribution in [0.2, 0.25) is 0 Å². The van der Waals surface area contributed by atoms with E-state index in [1.165, 1.54) is 18.5 Å². The van der Waals surface area contributed by atoms with Crippen LogP contribution in [0.5, 0.6) is 0 Å². The molecule has 0 aliphatic rings. The van der Waals surface area contributed by atoms with Crippen molar-refractivity contribution in [1.29, 1.82) is 0 Å². The van der Waals surface area contributed by atoms with E-state index in [0.29, 0.717) is 5.56 Å². The molecular weight excluding hydrogens is 314 g/mol. The number of hydrogen-bond acceptors (Lipinski definition) is 1. The molecule has 0 bridgehead atoms. The highest BCUT2D eigenvalue weighted by Gasteiger charge is 2.35. The van der Waals surface area contributed by atoms with Crippen LogP contribution >= 0.6 is 15.9 Å². The van der Waals surface area contributed by atoms with Crippen molar-refractivity contribution in [3.63, 3.8) is 0 Å². The molecule has 1 aromatic carbocycles. The maximum atomic E-state index is 13.4. The van der Waals surface area contributed by atoms with Gasteiger partial charge in [-0.3, -0.25) is 4.98 Å². The van der Waals surface area contributed by atoms with Crippen molar-refractivity contribution in [1.82, 2.24) is 4.98 Å². The van der Waals surface area contributed by atoms with E-state index >= 15 is 0 Å². The van der Waals surface area contributed by atoms with Crippen molar-refractivity contribution in [2.24, 2.45) is 0 Å². The highest BCUT2D eigenvalue weighted by Crippen LogP contribution is 2.37. The first-order chi connectivity index (χ1) is 8.39. The van der Waals surface area contributed by atoms with E-state index in [-0.39, 0.29) is 10.0 Å². The Morgan fingerprint density at radius 1 is 1.00 bits per heavy atom. The average molecular weight is 320 g/mol. The molecule has 0 atom stereocenters. The fourth-order valence-electron chi connectivity index (χ4n) is 1.51. The average Bonchev–Trinajstić information content (AvgIpc) is 2.32. The van der Waals surface area contributed by atoms with Crippen LogP contribution in [0.25, 0.3) is 11.1 Å². The van der Waals surface area contributed by atoms with Gasteiger partial charge in [-0.25, -0.2) is 4.39 Å². The van der Waals surface area contributed by atoms with Crippen LogP contribution in [0.4, 0.5) is 17.6 Å². The minimum atomic E-state index is -4.73. The molecule has 0 unspecified atom stereocenters. The molecule has 1 heterocycles. The Balaban J connectivity index is 2.62. The number of nitrogens with zero attached hydrogens (tertiary/aromatic N) is 1. The molecule has 0 saturated carbocycles. The predicted molar refractivity (Wildman–Crippen MR) is 62.3 cm³/mol. The van der Waals surface area contributed by atoms with E-state index < -0.39 is 17.6 Å². The lowest BCUT2D eigenvalue weighted by Crippen LogP contribution is -2.08. The highest BCUT2D eigenvalue weighted by atomic mass is 79.9. The topological polar surface area (TPSA) is 12.9 Å². The van der Waals surface area contributed by atoms with Gasteiger partial charge < -0.3 is 0 Å². The molecule has 0 aliphatic carbocycles. The van der Waals surface area contributed by atoms with Crippen LogP contribution in [0, 0.1) is 5.82 Å². The second-order valence-corrected chi connectivity index (χ2v) is 4.41. The Kier molecular flexibility index (Phi) is 3.38. The third-order valence-corrected chi connectivity index (χ3v) is 2.92. The molecule has 1 aromatic heterocycles. The Labute approximate surface area is 109 Å². The first-order valence-corrected chi connectivity index (χ1v) is 5.65. The van der Waals surface area contributed by atoms with Crippen LogP contribution in [0.1, 0.15) is 5.56 Å². The number of pyridine rings is 1. The van der Waals surface area contributed by atoms with Crippen LogP contribution in [-0.2, 0) is 6.18 Å². The zero-order chi connectivity index (χ0) is 13.3. The van der Waals surface area contributed by atoms with E-state index in [1.54, 1.807) is 12.1 Å². The van der Waals surface area contributed by atoms with Gasteiger partial charge in [0.1, 0.15) is 5.82 Å². The molecule has 2 aromatic rings. The zero-order valence-corrected chi connectivity index (χ0v) is 10.4. The van der Waals surface area contributed by atoms with Gasteiger partial charge in [0.05, 0.1) is 10.0 Å². The summed E-state index contributed by atoms with van der Waals surface area (Å²) in [6.07, 6.45) is -1.81. The first kappa shape index (κ1) is 13.0. The molecule has 0 saturated heterocycles. The Morgan fingerprint density at radius 3 is 2.17 bits per heavy atom. The smallest absolute Gasteiger partial charge is 0.265 e. The van der Waals surface area contributed by atoms with Gasteiger partial charge in [-0.05, 0) is 51.3 Å². The summed E-state index contributed by atoms with van der Waals surface area (Å²) in [6, 6.07) is 5.20. The van der Waals surface area contributed by atoms with Gasteiger partial charge in [0, 0.05) is 12.4 Å². The molecule has 2 rings (SSSR count). The summed E-state index contributed by atoms with van der Waals surface area (Å²) in [6.45, 7) is 0. The number of rotatable bonds is 1. The van der Waals surface area contributed by atoms with Crippen LogP contribution in [-0.4, -0.2) is 4.98 Å². The lowest BCUT2D eigenvalue weighted by molar-refractivity contribution is -0.140. The number of hydrogen-bond donors (Lipinski definition) is 0. The van der Waals surface area contributed by atoms with Crippen molar-refractivity contribution < 1.29 is 17.6 Å². The van der Waals surface area contributed by atoms with Gasteiger partial charge >= 0.3 is 6.18 Å². The lowest BCUT2D eigenvalue weighted by atomic mass is 10.0. The van der Waals surface area contributed by atoms with Gasteiger partial charge in [-0.15, -0.1) is 0 Å². The number of halogens is 5. The molecule has 0 amide bonds. The van der Waals surface area contributed by atoms with Crippen LogP contribution in [0.15, 0.2) is 41.1 Å². The van der Waals surface area contributed by atoms with Crippen LogP contribution in [0.3, 0.4) is 0 Å². The summed E-state index contributed by atoms with van der Waals surface area (Å²) < 4.78 is 51.1. The fourth-order valence-corrected chi connectivity index (χ4v) is 1.97. The van der Waals surface area contributed by atoms with Gasteiger partial charge in [0.2, 0.25) is 0 Å². The third kappa shape index (κ3) is 2.53. The molecular formula is C12H6BrF4N. The molecule has 94 valence electrons. The van der Waals surface area contributed by atoms with E-state index in [4.69, 9.17) is 0 Å². The summed E-state index contributed by atoms with van der Waals surface area (Å²) >= 11 is 2.80. The van der Waals surface area contributed by atoms with E-state index in [1.807, 2.05) is 0 Å². The molecule has 0 radical (unpaired) electrons. The summed E-state index contributed by atoms with van der Waals surface area (Å²) in [7, 11) is 0. The van der Waals surface area contributed by atoms with Crippen molar-refractivity contribution in [2.75, 3.05) is 0 Å². The Bertz CT molecular complexity index is 566. The maximum Gasteiger partial charge on any atom is 0.419 e. The second-order valence-electron chi connectivity index (χ2n) is 3.55. The number of benzene rings is 1. The minimum Gasteiger partial charge on any atom is -0.265 e. The summed E-state index contributed by atoms with van der Waals surface area (Å²) in [5.41, 5.74) is -0.474. The quantitative estimate of drug-likeness (QED) is 0.696.